The van der Waals surface area contributed by atoms with Crippen LogP contribution in [0.5, 0.6) is 5.75 Å². The molecule has 0 radical (unpaired) electrons. The highest BCUT2D eigenvalue weighted by Crippen LogP contribution is 2.50. The number of fused-ring (bicyclic) bond motifs is 2. The third-order valence-corrected chi connectivity index (χ3v) is 4.28. The van der Waals surface area contributed by atoms with Gasteiger partial charge in [-0.15, -0.1) is 0 Å². The first-order chi connectivity index (χ1) is 8.27. The standard InChI is InChI=1S/C14H19NO2/c1-17-12-5-2-4-10-11(16)8-15-9-14(13(10)12)6-3-7-14/h2,4-5,11,15-16H,3,6-9H2,1H3. The molecule has 1 aromatic carbocycles. The fraction of sp³-hybridized carbons (Fsp3) is 0.571. The van der Waals surface area contributed by atoms with Crippen molar-refractivity contribution in [2.75, 3.05) is 20.2 Å². The van der Waals surface area contributed by atoms with Crippen molar-refractivity contribution in [3.05, 3.63) is 29.3 Å². The Labute approximate surface area is 102 Å². The monoisotopic (exact) mass is 233 g/mol. The van der Waals surface area contributed by atoms with Crippen molar-refractivity contribution >= 4 is 0 Å². The number of hydrogen-bond donors (Lipinski definition) is 2. The zero-order chi connectivity index (χ0) is 11.9. The van der Waals surface area contributed by atoms with Gasteiger partial charge in [-0.05, 0) is 24.5 Å². The average molecular weight is 233 g/mol. The van der Waals surface area contributed by atoms with Gasteiger partial charge in [0.2, 0.25) is 0 Å². The zero-order valence-electron chi connectivity index (χ0n) is 10.2. The maximum absolute atomic E-state index is 10.2. The van der Waals surface area contributed by atoms with Gasteiger partial charge in [0.1, 0.15) is 5.75 Å². The molecule has 0 aromatic heterocycles. The van der Waals surface area contributed by atoms with E-state index in [-0.39, 0.29) is 5.41 Å². The molecule has 92 valence electrons. The Balaban J connectivity index is 2.18. The molecule has 1 unspecified atom stereocenters. The molecule has 3 nitrogen and oxygen atoms in total. The quantitative estimate of drug-likeness (QED) is 0.776. The minimum Gasteiger partial charge on any atom is -0.496 e. The Morgan fingerprint density at radius 2 is 2.24 bits per heavy atom. The fourth-order valence-corrected chi connectivity index (χ4v) is 3.24. The molecular formula is C14H19NO2. The summed E-state index contributed by atoms with van der Waals surface area (Å²) >= 11 is 0. The molecule has 1 aromatic rings. The zero-order valence-corrected chi connectivity index (χ0v) is 10.2. The van der Waals surface area contributed by atoms with E-state index in [1.54, 1.807) is 7.11 Å². The second-order valence-electron chi connectivity index (χ2n) is 5.21. The van der Waals surface area contributed by atoms with E-state index >= 15 is 0 Å². The van der Waals surface area contributed by atoms with Crippen LogP contribution in [0.4, 0.5) is 0 Å². The van der Waals surface area contributed by atoms with Gasteiger partial charge in [-0.2, -0.15) is 0 Å². The van der Waals surface area contributed by atoms with Crippen LogP contribution in [0.3, 0.4) is 0 Å². The van der Waals surface area contributed by atoms with Gasteiger partial charge in [-0.25, -0.2) is 0 Å². The average Bonchev–Trinajstić information content (AvgIpc) is 2.46. The second kappa shape index (κ2) is 4.00. The van der Waals surface area contributed by atoms with E-state index in [9.17, 15) is 5.11 Å². The number of hydrogen-bond acceptors (Lipinski definition) is 3. The summed E-state index contributed by atoms with van der Waals surface area (Å²) in [5.41, 5.74) is 2.49. The molecule has 17 heavy (non-hydrogen) atoms. The number of benzene rings is 1. The Morgan fingerprint density at radius 1 is 1.41 bits per heavy atom. The van der Waals surface area contributed by atoms with Crippen molar-refractivity contribution in [3.8, 4) is 5.75 Å². The number of nitrogens with one attached hydrogen (secondary N) is 1. The van der Waals surface area contributed by atoms with E-state index < -0.39 is 6.10 Å². The summed E-state index contributed by atoms with van der Waals surface area (Å²) < 4.78 is 5.51. The summed E-state index contributed by atoms with van der Waals surface area (Å²) in [6.07, 6.45) is 3.25. The van der Waals surface area contributed by atoms with Crippen molar-refractivity contribution < 1.29 is 9.84 Å². The summed E-state index contributed by atoms with van der Waals surface area (Å²) in [6.45, 7) is 1.60. The Hall–Kier alpha value is -1.06. The highest BCUT2D eigenvalue weighted by atomic mass is 16.5. The largest absolute Gasteiger partial charge is 0.496 e. The SMILES string of the molecule is COc1cccc2c1C1(CCC1)CNCC2O. The molecule has 1 fully saturated rings. The van der Waals surface area contributed by atoms with E-state index in [4.69, 9.17) is 4.74 Å². The summed E-state index contributed by atoms with van der Waals surface area (Å²) in [7, 11) is 1.71. The second-order valence-corrected chi connectivity index (χ2v) is 5.21. The number of ether oxygens (including phenoxy) is 1. The van der Waals surface area contributed by atoms with Crippen LogP contribution >= 0.6 is 0 Å². The van der Waals surface area contributed by atoms with Crippen LogP contribution in [-0.4, -0.2) is 25.3 Å². The van der Waals surface area contributed by atoms with E-state index in [1.807, 2.05) is 18.2 Å². The van der Waals surface area contributed by atoms with Gasteiger partial charge >= 0.3 is 0 Å². The van der Waals surface area contributed by atoms with E-state index in [0.717, 1.165) is 17.9 Å². The number of β-amino-alcohol motifs (C(OH)–C–C–N with tert-alkyl or cyclic N) is 1. The Morgan fingerprint density at radius 3 is 2.88 bits per heavy atom. The predicted molar refractivity (Wildman–Crippen MR) is 66.4 cm³/mol. The Bertz CT molecular complexity index is 426. The topological polar surface area (TPSA) is 41.5 Å². The normalized spacial score (nSPS) is 25.9. The Kier molecular flexibility index (Phi) is 2.60. The first-order valence-electron chi connectivity index (χ1n) is 6.33. The lowest BCUT2D eigenvalue weighted by molar-refractivity contribution is 0.176. The maximum Gasteiger partial charge on any atom is 0.123 e. The highest BCUT2D eigenvalue weighted by Gasteiger charge is 2.44. The van der Waals surface area contributed by atoms with E-state index in [2.05, 4.69) is 5.32 Å². The van der Waals surface area contributed by atoms with Crippen LogP contribution in [0.25, 0.3) is 0 Å². The predicted octanol–water partition coefficient (Wildman–Crippen LogP) is 1.75. The van der Waals surface area contributed by atoms with Gasteiger partial charge in [0.05, 0.1) is 13.2 Å². The molecule has 1 aliphatic heterocycles. The van der Waals surface area contributed by atoms with Crippen LogP contribution in [0, 0.1) is 0 Å². The van der Waals surface area contributed by atoms with Crippen molar-refractivity contribution in [3.63, 3.8) is 0 Å². The third kappa shape index (κ3) is 1.57. The lowest BCUT2D eigenvalue weighted by Gasteiger charge is -2.43. The van der Waals surface area contributed by atoms with Gasteiger partial charge in [-0.3, -0.25) is 0 Å². The third-order valence-electron chi connectivity index (χ3n) is 4.28. The van der Waals surface area contributed by atoms with Crippen LogP contribution < -0.4 is 10.1 Å². The van der Waals surface area contributed by atoms with Gasteiger partial charge in [0.15, 0.2) is 0 Å². The molecule has 2 aliphatic rings. The van der Waals surface area contributed by atoms with E-state index in [1.165, 1.54) is 24.8 Å². The first kappa shape index (κ1) is 11.1. The number of aliphatic hydroxyl groups excluding tert-OH is 1. The first-order valence-corrected chi connectivity index (χ1v) is 6.33. The molecule has 3 rings (SSSR count). The summed E-state index contributed by atoms with van der Waals surface area (Å²) in [4.78, 5) is 0. The number of methoxy groups -OCH3 is 1. The maximum atomic E-state index is 10.2. The van der Waals surface area contributed by atoms with Gasteiger partial charge in [0.25, 0.3) is 0 Å². The van der Waals surface area contributed by atoms with Gasteiger partial charge in [0, 0.05) is 24.1 Å². The molecule has 3 heteroatoms. The van der Waals surface area contributed by atoms with Gasteiger partial charge < -0.3 is 15.2 Å². The van der Waals surface area contributed by atoms with E-state index in [0.29, 0.717) is 6.54 Å². The fourth-order valence-electron chi connectivity index (χ4n) is 3.24. The molecule has 1 heterocycles. The molecule has 1 spiro atoms. The number of aliphatic hydroxyl groups is 1. The van der Waals surface area contributed by atoms with Crippen LogP contribution in [0.2, 0.25) is 0 Å². The van der Waals surface area contributed by atoms with Crippen molar-refractivity contribution in [2.24, 2.45) is 0 Å². The molecule has 0 amide bonds. The molecule has 2 N–H and O–H groups in total. The van der Waals surface area contributed by atoms with Gasteiger partial charge in [-0.1, -0.05) is 18.6 Å². The van der Waals surface area contributed by atoms with Crippen molar-refractivity contribution in [1.82, 2.24) is 5.32 Å². The molecular weight excluding hydrogens is 214 g/mol. The summed E-state index contributed by atoms with van der Waals surface area (Å²) in [6, 6.07) is 6.02. The van der Waals surface area contributed by atoms with Crippen LogP contribution in [0.1, 0.15) is 36.5 Å². The molecule has 0 saturated heterocycles. The molecule has 1 atom stereocenters. The van der Waals surface area contributed by atoms with Crippen LogP contribution in [-0.2, 0) is 5.41 Å². The lowest BCUT2D eigenvalue weighted by Crippen LogP contribution is -2.43. The van der Waals surface area contributed by atoms with Crippen LogP contribution in [0.15, 0.2) is 18.2 Å². The number of rotatable bonds is 1. The smallest absolute Gasteiger partial charge is 0.123 e. The summed E-state index contributed by atoms with van der Waals surface area (Å²) in [5.74, 6) is 0.935. The highest BCUT2D eigenvalue weighted by molar-refractivity contribution is 5.49. The minimum atomic E-state index is -0.417. The minimum absolute atomic E-state index is 0.194. The summed E-state index contributed by atoms with van der Waals surface area (Å²) in [5, 5.41) is 13.6. The lowest BCUT2D eigenvalue weighted by atomic mass is 9.63. The molecule has 1 saturated carbocycles. The van der Waals surface area contributed by atoms with Crippen molar-refractivity contribution in [2.45, 2.75) is 30.8 Å². The molecule has 0 bridgehead atoms. The molecule has 1 aliphatic carbocycles. The van der Waals surface area contributed by atoms with Crippen molar-refractivity contribution in [1.29, 1.82) is 0 Å².